The Hall–Kier alpha value is -2.11. The maximum atomic E-state index is 12.5. The highest BCUT2D eigenvalue weighted by atomic mass is 16.4. The van der Waals surface area contributed by atoms with E-state index in [2.05, 4.69) is 10.1 Å². The zero-order chi connectivity index (χ0) is 15.2. The highest BCUT2D eigenvalue weighted by molar-refractivity contribution is 6.06. The summed E-state index contributed by atoms with van der Waals surface area (Å²) < 4.78 is 0. The fraction of sp³-hybridized carbons (Fsp3) is 0.500. The third kappa shape index (κ3) is 3.46. The highest BCUT2D eigenvalue weighted by Gasteiger charge is 2.38. The highest BCUT2D eigenvalue weighted by Crippen LogP contribution is 2.24. The predicted molar refractivity (Wildman–Crippen MR) is 77.4 cm³/mol. The lowest BCUT2D eigenvalue weighted by atomic mass is 9.84. The number of hydrogen-bond donors (Lipinski definition) is 2. The van der Waals surface area contributed by atoms with Gasteiger partial charge in [0.05, 0.1) is 0 Å². The quantitative estimate of drug-likeness (QED) is 0.354. The van der Waals surface area contributed by atoms with Gasteiger partial charge in [-0.1, -0.05) is 12.1 Å². The number of amides is 1. The van der Waals surface area contributed by atoms with Crippen LogP contribution in [-0.4, -0.2) is 40.4 Å². The molecule has 110 valence electrons. The van der Waals surface area contributed by atoms with Gasteiger partial charge in [-0.05, 0) is 37.5 Å². The summed E-state index contributed by atoms with van der Waals surface area (Å²) in [5.41, 5.74) is 5.79. The molecule has 20 heavy (non-hydrogen) atoms. The van der Waals surface area contributed by atoms with Crippen molar-refractivity contribution in [2.45, 2.75) is 26.7 Å². The van der Waals surface area contributed by atoms with Crippen molar-refractivity contribution in [2.75, 3.05) is 13.6 Å². The first kappa shape index (κ1) is 15.9. The second-order valence-corrected chi connectivity index (χ2v) is 5.00. The van der Waals surface area contributed by atoms with Crippen LogP contribution in [-0.2, 0) is 11.2 Å². The summed E-state index contributed by atoms with van der Waals surface area (Å²) in [6.45, 7) is 4.09. The Kier molecular flexibility index (Phi) is 5.49. The minimum Gasteiger partial charge on any atom is -0.409 e. The first-order valence-corrected chi connectivity index (χ1v) is 6.58. The van der Waals surface area contributed by atoms with Gasteiger partial charge in [-0.15, -0.1) is 0 Å². The monoisotopic (exact) mass is 278 g/mol. The number of rotatable bonds is 6. The number of likely N-dealkylation sites (N-methyl/N-ethyl adjacent to an activating group) is 1. The van der Waals surface area contributed by atoms with E-state index in [4.69, 9.17) is 10.9 Å². The number of amidine groups is 1. The second kappa shape index (κ2) is 6.88. The first-order valence-electron chi connectivity index (χ1n) is 6.58. The average molecular weight is 278 g/mol. The molecule has 1 unspecified atom stereocenters. The van der Waals surface area contributed by atoms with Crippen LogP contribution in [0.15, 0.2) is 29.7 Å². The van der Waals surface area contributed by atoms with E-state index in [0.717, 1.165) is 12.0 Å². The van der Waals surface area contributed by atoms with Gasteiger partial charge in [0.2, 0.25) is 5.91 Å². The zero-order valence-electron chi connectivity index (χ0n) is 12.2. The molecular weight excluding hydrogens is 256 g/mol. The van der Waals surface area contributed by atoms with E-state index < -0.39 is 5.41 Å². The predicted octanol–water partition coefficient (Wildman–Crippen LogP) is 1.25. The fourth-order valence-electron chi connectivity index (χ4n) is 1.92. The van der Waals surface area contributed by atoms with Crippen molar-refractivity contribution in [1.82, 2.24) is 9.88 Å². The lowest BCUT2D eigenvalue weighted by Crippen LogP contribution is -2.48. The molecule has 1 rings (SSSR count). The van der Waals surface area contributed by atoms with Crippen LogP contribution in [0.4, 0.5) is 0 Å². The molecule has 0 aromatic carbocycles. The van der Waals surface area contributed by atoms with E-state index in [-0.39, 0.29) is 11.7 Å². The molecule has 0 spiro atoms. The van der Waals surface area contributed by atoms with Gasteiger partial charge in [0.1, 0.15) is 5.41 Å². The summed E-state index contributed by atoms with van der Waals surface area (Å²) >= 11 is 0. The molecule has 1 aromatic heterocycles. The summed E-state index contributed by atoms with van der Waals surface area (Å²) in [6.07, 6.45) is 4.66. The molecule has 0 bridgehead atoms. The molecule has 6 nitrogen and oxygen atoms in total. The Balaban J connectivity index is 2.71. The summed E-state index contributed by atoms with van der Waals surface area (Å²) in [5.74, 6) is -0.204. The molecule has 1 aromatic rings. The van der Waals surface area contributed by atoms with Crippen LogP contribution in [0.2, 0.25) is 0 Å². The van der Waals surface area contributed by atoms with Crippen molar-refractivity contribution in [3.05, 3.63) is 30.1 Å². The van der Waals surface area contributed by atoms with Gasteiger partial charge >= 0.3 is 0 Å². The molecule has 1 amide bonds. The lowest BCUT2D eigenvalue weighted by molar-refractivity contribution is -0.136. The van der Waals surface area contributed by atoms with Gasteiger partial charge in [0.15, 0.2) is 5.84 Å². The molecule has 0 aliphatic carbocycles. The molecule has 0 saturated carbocycles. The summed E-state index contributed by atoms with van der Waals surface area (Å²) in [7, 11) is 1.72. The molecule has 0 aliphatic rings. The van der Waals surface area contributed by atoms with Gasteiger partial charge in [-0.3, -0.25) is 9.78 Å². The minimum absolute atomic E-state index is 0.0549. The molecule has 1 heterocycles. The molecule has 0 fully saturated rings. The lowest BCUT2D eigenvalue weighted by Gasteiger charge is -2.30. The number of nitrogens with zero attached hydrogens (tertiary/aromatic N) is 3. The number of carbonyl (C=O) groups is 1. The molecular formula is C14H22N4O2. The van der Waals surface area contributed by atoms with Crippen molar-refractivity contribution in [2.24, 2.45) is 16.3 Å². The van der Waals surface area contributed by atoms with Gasteiger partial charge in [0, 0.05) is 26.0 Å². The third-order valence-corrected chi connectivity index (χ3v) is 3.68. The molecule has 6 heteroatoms. The van der Waals surface area contributed by atoms with Crippen LogP contribution in [0.1, 0.15) is 25.8 Å². The molecule has 3 N–H and O–H groups in total. The van der Waals surface area contributed by atoms with Crippen molar-refractivity contribution in [1.29, 1.82) is 0 Å². The number of pyridine rings is 1. The normalized spacial score (nSPS) is 14.7. The molecule has 0 saturated heterocycles. The Morgan fingerprint density at radius 2 is 2.10 bits per heavy atom. The Morgan fingerprint density at radius 1 is 1.50 bits per heavy atom. The second-order valence-electron chi connectivity index (χ2n) is 5.00. The first-order chi connectivity index (χ1) is 9.45. The third-order valence-electron chi connectivity index (χ3n) is 3.68. The van der Waals surface area contributed by atoms with E-state index in [9.17, 15) is 4.79 Å². The number of nitrogens with two attached hydrogens (primary N) is 1. The standard InChI is InChI=1S/C14H22N4O2/c1-4-14(2,12(15)17-20)13(19)18(3)10-7-11-5-8-16-9-6-11/h5-6,8-9,20H,4,7,10H2,1-3H3,(H2,15,17). The van der Waals surface area contributed by atoms with Gasteiger partial charge in [-0.2, -0.15) is 0 Å². The molecule has 0 radical (unpaired) electrons. The number of oxime groups is 1. The van der Waals surface area contributed by atoms with Crippen LogP contribution in [0.25, 0.3) is 0 Å². The van der Waals surface area contributed by atoms with Crippen molar-refractivity contribution in [3.8, 4) is 0 Å². The van der Waals surface area contributed by atoms with Crippen molar-refractivity contribution < 1.29 is 10.0 Å². The number of hydrogen-bond acceptors (Lipinski definition) is 4. The van der Waals surface area contributed by atoms with E-state index in [1.54, 1.807) is 31.3 Å². The SMILES string of the molecule is CCC(C)(C(=O)N(C)CCc1ccncc1)/C(N)=N/O. The van der Waals surface area contributed by atoms with Gasteiger partial charge in [-0.25, -0.2) is 0 Å². The molecule has 0 aliphatic heterocycles. The maximum absolute atomic E-state index is 12.5. The van der Waals surface area contributed by atoms with Crippen molar-refractivity contribution in [3.63, 3.8) is 0 Å². The Labute approximate surface area is 119 Å². The van der Waals surface area contributed by atoms with Crippen molar-refractivity contribution >= 4 is 11.7 Å². The number of carbonyl (C=O) groups excluding carboxylic acids is 1. The van der Waals surface area contributed by atoms with E-state index >= 15 is 0 Å². The van der Waals surface area contributed by atoms with Crippen LogP contribution < -0.4 is 5.73 Å². The zero-order valence-corrected chi connectivity index (χ0v) is 12.2. The Morgan fingerprint density at radius 3 is 2.60 bits per heavy atom. The Bertz CT molecular complexity index is 475. The minimum atomic E-state index is -0.970. The van der Waals surface area contributed by atoms with E-state index in [0.29, 0.717) is 13.0 Å². The fourth-order valence-corrected chi connectivity index (χ4v) is 1.92. The van der Waals surface area contributed by atoms with Crippen LogP contribution in [0.3, 0.4) is 0 Å². The van der Waals surface area contributed by atoms with Gasteiger partial charge in [0.25, 0.3) is 0 Å². The summed E-state index contributed by atoms with van der Waals surface area (Å²) in [4.78, 5) is 18.0. The van der Waals surface area contributed by atoms with Crippen LogP contribution >= 0.6 is 0 Å². The summed E-state index contributed by atoms with van der Waals surface area (Å²) in [6, 6.07) is 3.84. The topological polar surface area (TPSA) is 91.8 Å². The summed E-state index contributed by atoms with van der Waals surface area (Å²) in [5, 5.41) is 11.8. The largest absolute Gasteiger partial charge is 0.409 e. The van der Waals surface area contributed by atoms with Crippen LogP contribution in [0, 0.1) is 5.41 Å². The van der Waals surface area contributed by atoms with E-state index in [1.165, 1.54) is 0 Å². The number of aromatic nitrogens is 1. The molecule has 1 atom stereocenters. The maximum Gasteiger partial charge on any atom is 0.235 e. The van der Waals surface area contributed by atoms with Crippen LogP contribution in [0.5, 0.6) is 0 Å². The van der Waals surface area contributed by atoms with Gasteiger partial charge < -0.3 is 15.8 Å². The smallest absolute Gasteiger partial charge is 0.235 e. The average Bonchev–Trinajstić information content (AvgIpc) is 2.51. The van der Waals surface area contributed by atoms with E-state index in [1.807, 2.05) is 19.1 Å².